The molecule has 3 nitrogen and oxygen atoms in total. The molecular weight excluding hydrogens is 270 g/mol. The summed E-state index contributed by atoms with van der Waals surface area (Å²) in [5.74, 6) is 1.04. The Morgan fingerprint density at radius 2 is 2.25 bits per heavy atom. The standard InChI is InChI=1S/C16H25NO2S/c1-4-15(17-9-7-12(2)20(3)18)13-5-6-16-14(11-13)8-10-19-16/h5-6,11-12,15,17H,4,7-10H2,1-3H3. The van der Waals surface area contributed by atoms with Crippen molar-refractivity contribution >= 4 is 10.8 Å². The third-order valence-electron chi connectivity index (χ3n) is 4.03. The average molecular weight is 295 g/mol. The van der Waals surface area contributed by atoms with Gasteiger partial charge in [0.05, 0.1) is 6.61 Å². The van der Waals surface area contributed by atoms with Crippen LogP contribution in [0.2, 0.25) is 0 Å². The monoisotopic (exact) mass is 295 g/mol. The predicted molar refractivity (Wildman–Crippen MR) is 84.8 cm³/mol. The van der Waals surface area contributed by atoms with Crippen LogP contribution in [0.1, 0.15) is 43.9 Å². The van der Waals surface area contributed by atoms with Gasteiger partial charge in [-0.1, -0.05) is 26.0 Å². The molecule has 0 aromatic heterocycles. The Kier molecular flexibility index (Phi) is 5.61. The summed E-state index contributed by atoms with van der Waals surface area (Å²) >= 11 is 0. The summed E-state index contributed by atoms with van der Waals surface area (Å²) in [7, 11) is -0.728. The summed E-state index contributed by atoms with van der Waals surface area (Å²) < 4.78 is 16.9. The second kappa shape index (κ2) is 7.23. The Balaban J connectivity index is 1.93. The van der Waals surface area contributed by atoms with Gasteiger partial charge in [-0.15, -0.1) is 0 Å². The average Bonchev–Trinajstić information content (AvgIpc) is 2.90. The van der Waals surface area contributed by atoms with Gasteiger partial charge in [-0.25, -0.2) is 0 Å². The number of ether oxygens (including phenoxy) is 1. The molecule has 3 atom stereocenters. The maximum absolute atomic E-state index is 11.4. The quantitative estimate of drug-likeness (QED) is 0.840. The molecule has 1 aromatic carbocycles. The van der Waals surface area contributed by atoms with Crippen LogP contribution in [0.5, 0.6) is 5.75 Å². The minimum atomic E-state index is -0.728. The molecule has 1 aliphatic rings. The number of benzene rings is 1. The lowest BCUT2D eigenvalue weighted by atomic mass is 10.0. The molecule has 4 heteroatoms. The van der Waals surface area contributed by atoms with E-state index >= 15 is 0 Å². The molecule has 1 N–H and O–H groups in total. The van der Waals surface area contributed by atoms with Crippen molar-refractivity contribution in [1.82, 2.24) is 5.32 Å². The van der Waals surface area contributed by atoms with Gasteiger partial charge < -0.3 is 10.1 Å². The highest BCUT2D eigenvalue weighted by Gasteiger charge is 2.16. The van der Waals surface area contributed by atoms with Crippen LogP contribution in [-0.2, 0) is 17.2 Å². The van der Waals surface area contributed by atoms with E-state index in [9.17, 15) is 4.21 Å². The first kappa shape index (κ1) is 15.5. The zero-order chi connectivity index (χ0) is 14.5. The fourth-order valence-corrected chi connectivity index (χ4v) is 3.00. The molecular formula is C16H25NO2S. The molecule has 0 aliphatic carbocycles. The number of nitrogens with one attached hydrogen (secondary N) is 1. The van der Waals surface area contributed by atoms with Gasteiger partial charge in [-0.3, -0.25) is 4.21 Å². The predicted octanol–water partition coefficient (Wildman–Crippen LogP) is 2.82. The molecule has 20 heavy (non-hydrogen) atoms. The summed E-state index contributed by atoms with van der Waals surface area (Å²) in [6.45, 7) is 5.96. The first-order valence-corrected chi connectivity index (χ1v) is 9.05. The van der Waals surface area contributed by atoms with Gasteiger partial charge in [-0.2, -0.15) is 0 Å². The van der Waals surface area contributed by atoms with Crippen LogP contribution in [0.4, 0.5) is 0 Å². The first-order valence-electron chi connectivity index (χ1n) is 7.43. The van der Waals surface area contributed by atoms with Crippen molar-refractivity contribution in [2.24, 2.45) is 0 Å². The minimum absolute atomic E-state index is 0.258. The summed E-state index contributed by atoms with van der Waals surface area (Å²) in [6, 6.07) is 6.89. The van der Waals surface area contributed by atoms with Gasteiger partial charge in [-0.05, 0) is 36.6 Å². The lowest BCUT2D eigenvalue weighted by Crippen LogP contribution is -2.25. The van der Waals surface area contributed by atoms with Crippen molar-refractivity contribution in [3.63, 3.8) is 0 Å². The molecule has 3 unspecified atom stereocenters. The van der Waals surface area contributed by atoms with E-state index in [2.05, 4.69) is 30.4 Å². The molecule has 0 fully saturated rings. The second-order valence-electron chi connectivity index (χ2n) is 5.48. The lowest BCUT2D eigenvalue weighted by molar-refractivity contribution is 0.356. The Morgan fingerprint density at radius 3 is 2.95 bits per heavy atom. The molecule has 0 saturated carbocycles. The van der Waals surface area contributed by atoms with Gasteiger partial charge in [0.2, 0.25) is 0 Å². The third kappa shape index (κ3) is 3.83. The van der Waals surface area contributed by atoms with Gasteiger partial charge in [0.1, 0.15) is 5.75 Å². The Morgan fingerprint density at radius 1 is 1.45 bits per heavy atom. The smallest absolute Gasteiger partial charge is 0.122 e. The Labute approximate surface area is 124 Å². The number of rotatable bonds is 7. The number of hydrogen-bond donors (Lipinski definition) is 1. The second-order valence-corrected chi connectivity index (χ2v) is 7.28. The van der Waals surface area contributed by atoms with E-state index in [0.29, 0.717) is 6.04 Å². The van der Waals surface area contributed by atoms with Gasteiger partial charge in [0.25, 0.3) is 0 Å². The van der Waals surface area contributed by atoms with E-state index in [-0.39, 0.29) is 5.25 Å². The van der Waals surface area contributed by atoms with Crippen LogP contribution in [0.25, 0.3) is 0 Å². The summed E-state index contributed by atoms with van der Waals surface area (Å²) in [5.41, 5.74) is 2.66. The molecule has 0 saturated heterocycles. The number of hydrogen-bond acceptors (Lipinski definition) is 3. The van der Waals surface area contributed by atoms with Crippen LogP contribution in [0.3, 0.4) is 0 Å². The Hall–Kier alpha value is -0.870. The highest BCUT2D eigenvalue weighted by Crippen LogP contribution is 2.29. The SMILES string of the molecule is CCC(NCCC(C)S(C)=O)c1ccc2c(c1)CCO2. The van der Waals surface area contributed by atoms with Crippen LogP contribution in [0, 0.1) is 0 Å². The van der Waals surface area contributed by atoms with E-state index in [1.54, 1.807) is 6.26 Å². The van der Waals surface area contributed by atoms with E-state index in [4.69, 9.17) is 4.74 Å². The molecule has 1 aromatic rings. The Bertz CT molecular complexity index is 476. The highest BCUT2D eigenvalue weighted by molar-refractivity contribution is 7.84. The molecule has 0 amide bonds. The van der Waals surface area contributed by atoms with Gasteiger partial charge >= 0.3 is 0 Å². The van der Waals surface area contributed by atoms with Crippen molar-refractivity contribution < 1.29 is 8.95 Å². The van der Waals surface area contributed by atoms with Gasteiger partial charge in [0.15, 0.2) is 0 Å². The van der Waals surface area contributed by atoms with E-state index in [1.807, 2.05) is 6.92 Å². The van der Waals surface area contributed by atoms with Crippen molar-refractivity contribution in [1.29, 1.82) is 0 Å². The fraction of sp³-hybridized carbons (Fsp3) is 0.625. The zero-order valence-corrected chi connectivity index (χ0v) is 13.5. The fourth-order valence-electron chi connectivity index (χ4n) is 2.55. The summed E-state index contributed by atoms with van der Waals surface area (Å²) in [5, 5.41) is 3.85. The van der Waals surface area contributed by atoms with E-state index in [1.165, 1.54) is 11.1 Å². The van der Waals surface area contributed by atoms with Crippen LogP contribution in [-0.4, -0.2) is 28.9 Å². The molecule has 0 bridgehead atoms. The minimum Gasteiger partial charge on any atom is -0.493 e. The topological polar surface area (TPSA) is 38.3 Å². The van der Waals surface area contributed by atoms with Crippen LogP contribution in [0.15, 0.2) is 18.2 Å². The van der Waals surface area contributed by atoms with Crippen molar-refractivity contribution in [3.8, 4) is 5.75 Å². The molecule has 1 heterocycles. The molecule has 1 aliphatic heterocycles. The maximum Gasteiger partial charge on any atom is 0.122 e. The first-order chi connectivity index (χ1) is 9.61. The van der Waals surface area contributed by atoms with E-state index in [0.717, 1.165) is 38.2 Å². The van der Waals surface area contributed by atoms with Crippen molar-refractivity contribution in [2.75, 3.05) is 19.4 Å². The van der Waals surface area contributed by atoms with Crippen molar-refractivity contribution in [2.45, 2.75) is 44.4 Å². The lowest BCUT2D eigenvalue weighted by Gasteiger charge is -2.19. The molecule has 2 rings (SSSR count). The summed E-state index contributed by atoms with van der Waals surface area (Å²) in [4.78, 5) is 0. The largest absolute Gasteiger partial charge is 0.493 e. The highest BCUT2D eigenvalue weighted by atomic mass is 32.2. The normalized spacial score (nSPS) is 18.1. The van der Waals surface area contributed by atoms with E-state index < -0.39 is 10.8 Å². The molecule has 0 spiro atoms. The maximum atomic E-state index is 11.4. The third-order valence-corrected chi connectivity index (χ3v) is 5.40. The molecule has 0 radical (unpaired) electrons. The number of fused-ring (bicyclic) bond motifs is 1. The summed E-state index contributed by atoms with van der Waals surface area (Å²) in [6.07, 6.45) is 4.81. The zero-order valence-electron chi connectivity index (χ0n) is 12.6. The van der Waals surface area contributed by atoms with Gasteiger partial charge in [0, 0.05) is 34.8 Å². The van der Waals surface area contributed by atoms with Crippen LogP contribution >= 0.6 is 0 Å². The van der Waals surface area contributed by atoms with Crippen molar-refractivity contribution in [3.05, 3.63) is 29.3 Å². The van der Waals surface area contributed by atoms with Crippen LogP contribution < -0.4 is 10.1 Å². The molecule has 112 valence electrons.